The highest BCUT2D eigenvalue weighted by Gasteiger charge is 2.19. The Morgan fingerprint density at radius 3 is 2.73 bits per heavy atom. The van der Waals surface area contributed by atoms with Gasteiger partial charge in [0, 0.05) is 17.7 Å². The molecule has 1 fully saturated rings. The first-order valence-corrected chi connectivity index (χ1v) is 4.26. The van der Waals surface area contributed by atoms with E-state index in [2.05, 4.69) is 6.92 Å². The first kappa shape index (κ1) is 8.31. The fourth-order valence-electron chi connectivity index (χ4n) is 1.48. The molecule has 0 radical (unpaired) electrons. The molecular weight excluding hydrogens is 138 g/mol. The molecule has 1 aliphatic rings. The van der Waals surface area contributed by atoms with Crippen LogP contribution < -0.4 is 5.73 Å². The fourth-order valence-corrected chi connectivity index (χ4v) is 1.48. The van der Waals surface area contributed by atoms with E-state index in [1.165, 1.54) is 0 Å². The summed E-state index contributed by atoms with van der Waals surface area (Å²) in [6.07, 6.45) is 4.52. The van der Waals surface area contributed by atoms with Gasteiger partial charge in [0.15, 0.2) is 5.78 Å². The topological polar surface area (TPSA) is 43.1 Å². The zero-order valence-corrected chi connectivity index (χ0v) is 7.02. The van der Waals surface area contributed by atoms with E-state index in [1.807, 2.05) is 0 Å². The molecule has 0 amide bonds. The lowest BCUT2D eigenvalue weighted by molar-refractivity contribution is -0.114. The highest BCUT2D eigenvalue weighted by Crippen LogP contribution is 2.23. The average molecular weight is 153 g/mol. The molecule has 2 heteroatoms. The molecule has 0 aliphatic heterocycles. The van der Waals surface area contributed by atoms with Gasteiger partial charge in [0.1, 0.15) is 0 Å². The van der Waals surface area contributed by atoms with Gasteiger partial charge >= 0.3 is 0 Å². The zero-order valence-electron chi connectivity index (χ0n) is 7.02. The van der Waals surface area contributed by atoms with Crippen molar-refractivity contribution in [3.05, 3.63) is 11.3 Å². The number of Topliss-reactive ketones (excluding diaryl/α,β-unsaturated/α-hetero) is 1. The molecule has 2 nitrogen and oxygen atoms in total. The third-order valence-corrected chi connectivity index (χ3v) is 2.07. The van der Waals surface area contributed by atoms with Gasteiger partial charge in [-0.25, -0.2) is 0 Å². The molecule has 0 aromatic heterocycles. The van der Waals surface area contributed by atoms with Crippen LogP contribution in [0.15, 0.2) is 11.3 Å². The monoisotopic (exact) mass is 153 g/mol. The first-order valence-electron chi connectivity index (χ1n) is 4.26. The molecule has 0 saturated heterocycles. The summed E-state index contributed by atoms with van der Waals surface area (Å²) >= 11 is 0. The van der Waals surface area contributed by atoms with E-state index in [1.54, 1.807) is 0 Å². The van der Waals surface area contributed by atoms with Crippen molar-refractivity contribution in [3.63, 3.8) is 0 Å². The van der Waals surface area contributed by atoms with E-state index in [9.17, 15) is 4.79 Å². The molecule has 0 aromatic carbocycles. The SMILES string of the molecule is CCC/C(N)=C1/CCCC1=O. The fraction of sp³-hybridized carbons (Fsp3) is 0.667. The highest BCUT2D eigenvalue weighted by atomic mass is 16.1. The molecule has 0 heterocycles. The Morgan fingerprint density at radius 1 is 1.55 bits per heavy atom. The van der Waals surface area contributed by atoms with Gasteiger partial charge in [0.2, 0.25) is 0 Å². The summed E-state index contributed by atoms with van der Waals surface area (Å²) in [5, 5.41) is 0. The molecule has 0 atom stereocenters. The van der Waals surface area contributed by atoms with Gasteiger partial charge in [-0.2, -0.15) is 0 Å². The van der Waals surface area contributed by atoms with Gasteiger partial charge in [-0.15, -0.1) is 0 Å². The lowest BCUT2D eigenvalue weighted by Gasteiger charge is -2.01. The van der Waals surface area contributed by atoms with Gasteiger partial charge in [0.05, 0.1) is 0 Å². The highest BCUT2D eigenvalue weighted by molar-refractivity contribution is 5.97. The van der Waals surface area contributed by atoms with Gasteiger partial charge in [-0.1, -0.05) is 13.3 Å². The second-order valence-electron chi connectivity index (χ2n) is 3.03. The van der Waals surface area contributed by atoms with Gasteiger partial charge in [-0.05, 0) is 19.3 Å². The van der Waals surface area contributed by atoms with E-state index in [0.717, 1.165) is 37.0 Å². The summed E-state index contributed by atoms with van der Waals surface area (Å²) in [6, 6.07) is 0. The van der Waals surface area contributed by atoms with Crippen LogP contribution in [0.5, 0.6) is 0 Å². The van der Waals surface area contributed by atoms with Crippen molar-refractivity contribution in [2.75, 3.05) is 0 Å². The number of carbonyl (C=O) groups is 1. The number of hydrogen-bond acceptors (Lipinski definition) is 2. The number of ketones is 1. The quantitative estimate of drug-likeness (QED) is 0.614. The Morgan fingerprint density at radius 2 is 2.27 bits per heavy atom. The number of rotatable bonds is 2. The smallest absolute Gasteiger partial charge is 0.160 e. The van der Waals surface area contributed by atoms with Crippen LogP contribution in [0.1, 0.15) is 39.0 Å². The lowest BCUT2D eigenvalue weighted by atomic mass is 10.1. The Hall–Kier alpha value is -0.790. The predicted molar refractivity (Wildman–Crippen MR) is 45.0 cm³/mol. The van der Waals surface area contributed by atoms with E-state index >= 15 is 0 Å². The minimum absolute atomic E-state index is 0.274. The van der Waals surface area contributed by atoms with E-state index < -0.39 is 0 Å². The van der Waals surface area contributed by atoms with Crippen molar-refractivity contribution in [2.45, 2.75) is 39.0 Å². The van der Waals surface area contributed by atoms with Crippen LogP contribution in [0, 0.1) is 0 Å². The maximum Gasteiger partial charge on any atom is 0.160 e. The second-order valence-corrected chi connectivity index (χ2v) is 3.03. The van der Waals surface area contributed by atoms with Crippen molar-refractivity contribution in [3.8, 4) is 0 Å². The maximum absolute atomic E-state index is 11.2. The molecule has 0 bridgehead atoms. The van der Waals surface area contributed by atoms with Crippen molar-refractivity contribution in [1.82, 2.24) is 0 Å². The van der Waals surface area contributed by atoms with Crippen molar-refractivity contribution in [1.29, 1.82) is 0 Å². The van der Waals surface area contributed by atoms with Crippen LogP contribution in [0.4, 0.5) is 0 Å². The zero-order chi connectivity index (χ0) is 8.27. The van der Waals surface area contributed by atoms with E-state index in [-0.39, 0.29) is 5.78 Å². The summed E-state index contributed by atoms with van der Waals surface area (Å²) in [4.78, 5) is 11.2. The standard InChI is InChI=1S/C9H15NO/c1-2-4-8(10)7-5-3-6-9(7)11/h2-6,10H2,1H3/b8-7+. The molecule has 1 rings (SSSR count). The summed E-state index contributed by atoms with van der Waals surface area (Å²) in [6.45, 7) is 2.08. The molecule has 11 heavy (non-hydrogen) atoms. The van der Waals surface area contributed by atoms with Crippen LogP contribution in [-0.4, -0.2) is 5.78 Å². The Bertz CT molecular complexity index is 194. The second kappa shape index (κ2) is 3.56. The largest absolute Gasteiger partial charge is 0.402 e. The van der Waals surface area contributed by atoms with Gasteiger partial charge in [-0.3, -0.25) is 4.79 Å². The Labute approximate surface area is 67.5 Å². The number of hydrogen-bond donors (Lipinski definition) is 1. The van der Waals surface area contributed by atoms with Crippen molar-refractivity contribution in [2.24, 2.45) is 5.73 Å². The predicted octanol–water partition coefficient (Wildman–Crippen LogP) is 1.75. The molecule has 1 saturated carbocycles. The third-order valence-electron chi connectivity index (χ3n) is 2.07. The summed E-state index contributed by atoms with van der Waals surface area (Å²) in [7, 11) is 0. The number of allylic oxidation sites excluding steroid dienone is 2. The van der Waals surface area contributed by atoms with Crippen LogP contribution in [0.3, 0.4) is 0 Å². The molecule has 2 N–H and O–H groups in total. The Kier molecular flexibility index (Phi) is 2.69. The molecule has 62 valence electrons. The van der Waals surface area contributed by atoms with Crippen LogP contribution in [-0.2, 0) is 4.79 Å². The summed E-state index contributed by atoms with van der Waals surface area (Å²) in [5.41, 5.74) is 7.48. The molecule has 1 aliphatic carbocycles. The van der Waals surface area contributed by atoms with E-state index in [0.29, 0.717) is 6.42 Å². The molecular formula is C9H15NO. The number of nitrogens with two attached hydrogens (primary N) is 1. The Balaban J connectivity index is 2.68. The first-order chi connectivity index (χ1) is 5.25. The van der Waals surface area contributed by atoms with Gasteiger partial charge in [0.25, 0.3) is 0 Å². The molecule has 0 unspecified atom stereocenters. The van der Waals surface area contributed by atoms with Crippen molar-refractivity contribution >= 4 is 5.78 Å². The summed E-state index contributed by atoms with van der Waals surface area (Å²) < 4.78 is 0. The van der Waals surface area contributed by atoms with Crippen molar-refractivity contribution < 1.29 is 4.79 Å². The molecule has 0 spiro atoms. The lowest BCUT2D eigenvalue weighted by Crippen LogP contribution is -2.05. The third kappa shape index (κ3) is 1.82. The van der Waals surface area contributed by atoms with E-state index in [4.69, 9.17) is 5.73 Å². The van der Waals surface area contributed by atoms with Crippen LogP contribution >= 0.6 is 0 Å². The minimum atomic E-state index is 0.274. The van der Waals surface area contributed by atoms with Crippen LogP contribution in [0.25, 0.3) is 0 Å². The minimum Gasteiger partial charge on any atom is -0.402 e. The molecule has 0 aromatic rings. The average Bonchev–Trinajstić information content (AvgIpc) is 2.36. The van der Waals surface area contributed by atoms with Crippen LogP contribution in [0.2, 0.25) is 0 Å². The number of carbonyl (C=O) groups excluding carboxylic acids is 1. The maximum atomic E-state index is 11.2. The summed E-state index contributed by atoms with van der Waals surface area (Å²) in [5.74, 6) is 0.274. The normalized spacial score (nSPS) is 22.5. The van der Waals surface area contributed by atoms with Gasteiger partial charge < -0.3 is 5.73 Å².